The first-order chi connectivity index (χ1) is 13.7. The molecule has 1 aromatic carbocycles. The minimum atomic E-state index is 0.236. The molecule has 3 heterocycles. The van der Waals surface area contributed by atoms with Gasteiger partial charge in [-0.2, -0.15) is 0 Å². The molecule has 8 heteroatoms. The predicted molar refractivity (Wildman–Crippen MR) is 107 cm³/mol. The Labute approximate surface area is 168 Å². The van der Waals surface area contributed by atoms with Crippen LogP contribution in [0.3, 0.4) is 0 Å². The summed E-state index contributed by atoms with van der Waals surface area (Å²) in [6, 6.07) is 6.00. The number of benzene rings is 1. The molecule has 1 aliphatic heterocycles. The Kier molecular flexibility index (Phi) is 5.59. The number of methoxy groups -OCH3 is 2. The number of thiazole rings is 1. The molecule has 1 fully saturated rings. The number of rotatable bonds is 6. The number of aryl methyl sites for hydroxylation is 1. The zero-order valence-electron chi connectivity index (χ0n) is 16.3. The van der Waals surface area contributed by atoms with Crippen LogP contribution in [0.1, 0.15) is 35.9 Å². The Bertz CT molecular complexity index is 939. The monoisotopic (exact) mass is 400 g/mol. The first-order valence-corrected chi connectivity index (χ1v) is 10.2. The van der Waals surface area contributed by atoms with Gasteiger partial charge in [-0.05, 0) is 32.4 Å². The van der Waals surface area contributed by atoms with E-state index in [1.54, 1.807) is 19.7 Å². The highest BCUT2D eigenvalue weighted by molar-refractivity contribution is 7.13. The van der Waals surface area contributed by atoms with Gasteiger partial charge in [0.1, 0.15) is 4.88 Å². The summed E-state index contributed by atoms with van der Waals surface area (Å²) in [5.74, 6) is 3.08. The molecule has 148 valence electrons. The molecule has 0 unspecified atom stereocenters. The molecule has 0 bridgehead atoms. The zero-order valence-corrected chi connectivity index (χ0v) is 17.2. The van der Waals surface area contributed by atoms with Crippen molar-refractivity contribution in [3.8, 4) is 22.3 Å². The standard InChI is InChI=1S/C20H24N4O3S/c1-13-18(28-12-21-13)20-23-22-19(27-20)15-7-5-9-24(11-15)10-14-6-4-8-16(25-2)17(14)26-3/h4,6,8,12,15H,5,7,9-11H2,1-3H3/t15-/m1/s1. The second-order valence-corrected chi connectivity index (χ2v) is 7.79. The smallest absolute Gasteiger partial charge is 0.259 e. The molecule has 1 aliphatic rings. The Balaban J connectivity index is 1.48. The average molecular weight is 401 g/mol. The van der Waals surface area contributed by atoms with E-state index < -0.39 is 0 Å². The van der Waals surface area contributed by atoms with Crippen molar-refractivity contribution < 1.29 is 13.9 Å². The fourth-order valence-electron chi connectivity index (χ4n) is 3.72. The summed E-state index contributed by atoms with van der Waals surface area (Å²) in [5.41, 5.74) is 3.85. The summed E-state index contributed by atoms with van der Waals surface area (Å²) in [6.07, 6.45) is 2.14. The molecule has 4 rings (SSSR count). The van der Waals surface area contributed by atoms with Crippen LogP contribution in [0, 0.1) is 6.92 Å². The van der Waals surface area contributed by atoms with E-state index in [4.69, 9.17) is 13.9 Å². The van der Waals surface area contributed by atoms with Crippen LogP contribution in [0.15, 0.2) is 28.1 Å². The number of para-hydroxylation sites is 1. The highest BCUT2D eigenvalue weighted by atomic mass is 32.1. The van der Waals surface area contributed by atoms with Crippen LogP contribution in [0.4, 0.5) is 0 Å². The topological polar surface area (TPSA) is 73.5 Å². The lowest BCUT2D eigenvalue weighted by atomic mass is 9.97. The number of nitrogens with zero attached hydrogens (tertiary/aromatic N) is 4. The third-order valence-corrected chi connectivity index (χ3v) is 6.03. The summed E-state index contributed by atoms with van der Waals surface area (Å²) in [7, 11) is 3.35. The lowest BCUT2D eigenvalue weighted by Crippen LogP contribution is -2.34. The molecule has 0 saturated carbocycles. The SMILES string of the molecule is COc1cccc(CN2CCC[C@@H](c3nnc(-c4scnc4C)o3)C2)c1OC. The van der Waals surface area contributed by atoms with Crippen LogP contribution in [-0.4, -0.2) is 47.4 Å². The maximum absolute atomic E-state index is 6.01. The van der Waals surface area contributed by atoms with Gasteiger partial charge in [-0.3, -0.25) is 4.90 Å². The maximum atomic E-state index is 6.01. The maximum Gasteiger partial charge on any atom is 0.259 e. The highest BCUT2D eigenvalue weighted by Crippen LogP contribution is 2.34. The lowest BCUT2D eigenvalue weighted by Gasteiger charge is -2.31. The third kappa shape index (κ3) is 3.74. The molecule has 1 atom stereocenters. The van der Waals surface area contributed by atoms with Gasteiger partial charge in [0.05, 0.1) is 31.3 Å². The van der Waals surface area contributed by atoms with E-state index in [9.17, 15) is 0 Å². The fraction of sp³-hybridized carbons (Fsp3) is 0.450. The Morgan fingerprint density at radius 1 is 1.25 bits per heavy atom. The van der Waals surface area contributed by atoms with E-state index >= 15 is 0 Å². The van der Waals surface area contributed by atoms with Crippen molar-refractivity contribution in [2.45, 2.75) is 32.2 Å². The molecule has 0 spiro atoms. The van der Waals surface area contributed by atoms with Gasteiger partial charge < -0.3 is 13.9 Å². The second-order valence-electron chi connectivity index (χ2n) is 6.94. The van der Waals surface area contributed by atoms with Crippen molar-refractivity contribution >= 4 is 11.3 Å². The van der Waals surface area contributed by atoms with Gasteiger partial charge in [0.25, 0.3) is 5.89 Å². The van der Waals surface area contributed by atoms with E-state index in [1.807, 2.05) is 19.1 Å². The molecule has 0 aliphatic carbocycles. The van der Waals surface area contributed by atoms with Crippen LogP contribution in [-0.2, 0) is 6.54 Å². The van der Waals surface area contributed by atoms with Crippen LogP contribution < -0.4 is 9.47 Å². The van der Waals surface area contributed by atoms with Gasteiger partial charge in [-0.15, -0.1) is 21.5 Å². The first-order valence-electron chi connectivity index (χ1n) is 9.35. The average Bonchev–Trinajstić information content (AvgIpc) is 3.36. The number of ether oxygens (including phenoxy) is 2. The van der Waals surface area contributed by atoms with Crippen molar-refractivity contribution in [1.82, 2.24) is 20.1 Å². The Morgan fingerprint density at radius 3 is 2.89 bits per heavy atom. The van der Waals surface area contributed by atoms with Crippen LogP contribution >= 0.6 is 11.3 Å². The van der Waals surface area contributed by atoms with Crippen molar-refractivity contribution in [2.75, 3.05) is 27.3 Å². The van der Waals surface area contributed by atoms with Gasteiger partial charge in [0.15, 0.2) is 11.5 Å². The summed E-state index contributed by atoms with van der Waals surface area (Å²) in [6.45, 7) is 4.67. The van der Waals surface area contributed by atoms with Crippen molar-refractivity contribution in [2.24, 2.45) is 0 Å². The normalized spacial score (nSPS) is 17.6. The van der Waals surface area contributed by atoms with Crippen LogP contribution in [0.25, 0.3) is 10.8 Å². The number of piperidine rings is 1. The van der Waals surface area contributed by atoms with Crippen LogP contribution in [0.5, 0.6) is 11.5 Å². The molecule has 28 heavy (non-hydrogen) atoms. The summed E-state index contributed by atoms with van der Waals surface area (Å²) in [5, 5.41) is 8.58. The molecule has 1 saturated heterocycles. The van der Waals surface area contributed by atoms with Crippen molar-refractivity contribution in [3.63, 3.8) is 0 Å². The van der Waals surface area contributed by atoms with Gasteiger partial charge in [0.2, 0.25) is 5.89 Å². The van der Waals surface area contributed by atoms with Crippen molar-refractivity contribution in [3.05, 3.63) is 40.9 Å². The predicted octanol–water partition coefficient (Wildman–Crippen LogP) is 3.90. The molecule has 7 nitrogen and oxygen atoms in total. The largest absolute Gasteiger partial charge is 0.493 e. The van der Waals surface area contributed by atoms with E-state index in [0.717, 1.165) is 60.1 Å². The molecule has 0 amide bonds. The molecule has 0 radical (unpaired) electrons. The Morgan fingerprint density at radius 2 is 2.14 bits per heavy atom. The summed E-state index contributed by atoms with van der Waals surface area (Å²) in [4.78, 5) is 7.63. The zero-order chi connectivity index (χ0) is 19.5. The molecule has 0 N–H and O–H groups in total. The van der Waals surface area contributed by atoms with E-state index in [0.29, 0.717) is 11.8 Å². The molecule has 2 aromatic heterocycles. The minimum absolute atomic E-state index is 0.236. The minimum Gasteiger partial charge on any atom is -0.493 e. The molecular formula is C20H24N4O3S. The first kappa shape index (κ1) is 18.9. The fourth-order valence-corrected chi connectivity index (χ4v) is 4.44. The van der Waals surface area contributed by atoms with E-state index in [1.165, 1.54) is 11.3 Å². The van der Waals surface area contributed by atoms with Crippen molar-refractivity contribution in [1.29, 1.82) is 0 Å². The van der Waals surface area contributed by atoms with E-state index in [2.05, 4.69) is 26.1 Å². The van der Waals surface area contributed by atoms with Gasteiger partial charge >= 0.3 is 0 Å². The van der Waals surface area contributed by atoms with Gasteiger partial charge in [-0.25, -0.2) is 4.98 Å². The quantitative estimate of drug-likeness (QED) is 0.621. The number of hydrogen-bond acceptors (Lipinski definition) is 8. The molecule has 3 aromatic rings. The summed E-state index contributed by atoms with van der Waals surface area (Å²) < 4.78 is 17.0. The summed E-state index contributed by atoms with van der Waals surface area (Å²) >= 11 is 1.53. The molecular weight excluding hydrogens is 376 g/mol. The van der Waals surface area contributed by atoms with Gasteiger partial charge in [0, 0.05) is 18.7 Å². The van der Waals surface area contributed by atoms with E-state index in [-0.39, 0.29) is 5.92 Å². The number of likely N-dealkylation sites (tertiary alicyclic amines) is 1. The lowest BCUT2D eigenvalue weighted by molar-refractivity contribution is 0.184. The highest BCUT2D eigenvalue weighted by Gasteiger charge is 2.27. The van der Waals surface area contributed by atoms with Gasteiger partial charge in [-0.1, -0.05) is 12.1 Å². The Hall–Kier alpha value is -2.45. The number of aromatic nitrogens is 3. The number of hydrogen-bond donors (Lipinski definition) is 0. The third-order valence-electron chi connectivity index (χ3n) is 5.11. The van der Waals surface area contributed by atoms with Crippen LogP contribution in [0.2, 0.25) is 0 Å². The second kappa shape index (κ2) is 8.28.